The van der Waals surface area contributed by atoms with Crippen molar-refractivity contribution in [2.24, 2.45) is 0 Å². The normalized spacial score (nSPS) is 11.3. The molecule has 122 valence electrons. The minimum atomic E-state index is -3.68. The van der Waals surface area contributed by atoms with Crippen LogP contribution in [0, 0.1) is 0 Å². The largest absolute Gasteiger partial charge is 0.478 e. The molecule has 0 fully saturated rings. The van der Waals surface area contributed by atoms with Gasteiger partial charge in [0.2, 0.25) is 0 Å². The van der Waals surface area contributed by atoms with Crippen LogP contribution in [0.3, 0.4) is 0 Å². The summed E-state index contributed by atoms with van der Waals surface area (Å²) in [4.78, 5) is 11.7. The van der Waals surface area contributed by atoms with E-state index in [4.69, 9.17) is 4.42 Å². The van der Waals surface area contributed by atoms with E-state index < -0.39 is 21.6 Å². The van der Waals surface area contributed by atoms with Crippen molar-refractivity contribution in [1.82, 2.24) is 0 Å². The van der Waals surface area contributed by atoms with Gasteiger partial charge in [-0.2, -0.15) is 0 Å². The predicted molar refractivity (Wildman–Crippen MR) is 88.4 cm³/mol. The number of carboxylic acids is 1. The Labute approximate surface area is 139 Å². The molecule has 2 aromatic carbocycles. The predicted octanol–water partition coefficient (Wildman–Crippen LogP) is 3.62. The molecule has 1 heterocycles. The molecule has 6 heteroatoms. The van der Waals surface area contributed by atoms with E-state index in [0.29, 0.717) is 11.1 Å². The van der Waals surface area contributed by atoms with Crippen LogP contribution in [-0.4, -0.2) is 19.5 Å². The first-order valence-electron chi connectivity index (χ1n) is 7.14. The number of carboxylic acid groups (broad SMARTS) is 1. The summed E-state index contributed by atoms with van der Waals surface area (Å²) >= 11 is 0. The summed E-state index contributed by atoms with van der Waals surface area (Å²) in [5.41, 5.74) is 1.38. The van der Waals surface area contributed by atoms with Gasteiger partial charge in [-0.15, -0.1) is 0 Å². The molecule has 3 rings (SSSR count). The number of aromatic carboxylic acids is 1. The fourth-order valence-electron chi connectivity index (χ4n) is 2.53. The maximum atomic E-state index is 12.7. The maximum Gasteiger partial charge on any atom is 0.336 e. The second kappa shape index (κ2) is 6.33. The van der Waals surface area contributed by atoms with E-state index in [0.717, 1.165) is 0 Å². The molecule has 3 aromatic rings. The summed E-state index contributed by atoms with van der Waals surface area (Å²) in [7, 11) is -3.68. The van der Waals surface area contributed by atoms with Gasteiger partial charge >= 0.3 is 5.97 Å². The lowest BCUT2D eigenvalue weighted by molar-refractivity contribution is 0.0696. The third kappa shape index (κ3) is 3.09. The van der Waals surface area contributed by atoms with Crippen LogP contribution in [0.5, 0.6) is 0 Å². The number of rotatable bonds is 5. The lowest BCUT2D eigenvalue weighted by atomic mass is 9.98. The van der Waals surface area contributed by atoms with Crippen molar-refractivity contribution in [2.75, 3.05) is 0 Å². The summed E-state index contributed by atoms with van der Waals surface area (Å²) in [5.74, 6) is -1.57. The monoisotopic (exact) mass is 342 g/mol. The topological polar surface area (TPSA) is 84.6 Å². The zero-order valence-electron chi connectivity index (χ0n) is 12.5. The highest BCUT2D eigenvalue weighted by Gasteiger charge is 2.23. The Morgan fingerprint density at radius 3 is 2.38 bits per heavy atom. The van der Waals surface area contributed by atoms with Gasteiger partial charge in [-0.25, -0.2) is 13.2 Å². The lowest BCUT2D eigenvalue weighted by Crippen LogP contribution is -2.11. The molecule has 1 aromatic heterocycles. The third-order valence-corrected chi connectivity index (χ3v) is 5.33. The van der Waals surface area contributed by atoms with E-state index >= 15 is 0 Å². The zero-order chi connectivity index (χ0) is 17.2. The van der Waals surface area contributed by atoms with Crippen LogP contribution in [0.2, 0.25) is 0 Å². The molecule has 0 unspecified atom stereocenters. The smallest absolute Gasteiger partial charge is 0.336 e. The van der Waals surface area contributed by atoms with Crippen molar-refractivity contribution >= 4 is 15.8 Å². The fraction of sp³-hybridized carbons (Fsp3) is 0.0556. The van der Waals surface area contributed by atoms with Gasteiger partial charge in [-0.3, -0.25) is 0 Å². The average molecular weight is 342 g/mol. The summed E-state index contributed by atoms with van der Waals surface area (Å²) in [5, 5.41) is 9.44. The summed E-state index contributed by atoms with van der Waals surface area (Å²) in [6.07, 6.45) is 2.91. The Balaban J connectivity index is 2.15. The van der Waals surface area contributed by atoms with Gasteiger partial charge in [-0.1, -0.05) is 30.3 Å². The molecule has 0 radical (unpaired) electrons. The van der Waals surface area contributed by atoms with Crippen LogP contribution in [-0.2, 0) is 15.6 Å². The van der Waals surface area contributed by atoms with Gasteiger partial charge in [0.05, 0.1) is 28.7 Å². The molecule has 24 heavy (non-hydrogen) atoms. The Morgan fingerprint density at radius 2 is 1.75 bits per heavy atom. The number of furan rings is 1. The summed E-state index contributed by atoms with van der Waals surface area (Å²) in [6.45, 7) is 0. The lowest BCUT2D eigenvalue weighted by Gasteiger charge is -2.12. The number of benzene rings is 2. The molecular weight excluding hydrogens is 328 g/mol. The number of hydrogen-bond acceptors (Lipinski definition) is 4. The van der Waals surface area contributed by atoms with E-state index in [1.165, 1.54) is 30.7 Å². The Hall–Kier alpha value is -2.86. The molecule has 5 nitrogen and oxygen atoms in total. The van der Waals surface area contributed by atoms with Crippen LogP contribution < -0.4 is 0 Å². The molecule has 0 spiro atoms. The Kier molecular flexibility index (Phi) is 4.22. The van der Waals surface area contributed by atoms with E-state index in [1.54, 1.807) is 36.4 Å². The standard InChI is InChI=1S/C18H14O5S/c19-18(20)16-8-4-7-15(13-9-10-23-11-13)17(16)12-24(21,22)14-5-2-1-3-6-14/h1-11H,12H2,(H,19,20). The number of sulfone groups is 1. The number of carbonyl (C=O) groups is 1. The Morgan fingerprint density at radius 1 is 1.00 bits per heavy atom. The highest BCUT2D eigenvalue weighted by atomic mass is 32.2. The zero-order valence-corrected chi connectivity index (χ0v) is 13.4. The quantitative estimate of drug-likeness (QED) is 0.765. The van der Waals surface area contributed by atoms with E-state index in [9.17, 15) is 18.3 Å². The molecule has 0 atom stereocenters. The first-order valence-corrected chi connectivity index (χ1v) is 8.80. The van der Waals surface area contributed by atoms with Gasteiger partial charge in [0.25, 0.3) is 0 Å². The van der Waals surface area contributed by atoms with Crippen molar-refractivity contribution in [3.63, 3.8) is 0 Å². The maximum absolute atomic E-state index is 12.7. The van der Waals surface area contributed by atoms with Crippen molar-refractivity contribution in [3.8, 4) is 11.1 Å². The average Bonchev–Trinajstić information content (AvgIpc) is 3.09. The van der Waals surface area contributed by atoms with Crippen molar-refractivity contribution in [1.29, 1.82) is 0 Å². The van der Waals surface area contributed by atoms with Crippen LogP contribution in [0.4, 0.5) is 0 Å². The first-order chi connectivity index (χ1) is 11.5. The van der Waals surface area contributed by atoms with Crippen LogP contribution in [0.25, 0.3) is 11.1 Å². The van der Waals surface area contributed by atoms with Gasteiger partial charge in [0.15, 0.2) is 9.84 Å². The van der Waals surface area contributed by atoms with Crippen molar-refractivity contribution < 1.29 is 22.7 Å². The van der Waals surface area contributed by atoms with Crippen LogP contribution in [0.15, 0.2) is 76.4 Å². The molecule has 0 aliphatic rings. The highest BCUT2D eigenvalue weighted by molar-refractivity contribution is 7.90. The Bertz CT molecular complexity index is 958. The van der Waals surface area contributed by atoms with E-state index in [1.807, 2.05) is 0 Å². The molecular formula is C18H14O5S. The van der Waals surface area contributed by atoms with Crippen molar-refractivity contribution in [2.45, 2.75) is 10.6 Å². The van der Waals surface area contributed by atoms with Gasteiger partial charge in [0.1, 0.15) is 0 Å². The molecule has 0 bridgehead atoms. The number of hydrogen-bond donors (Lipinski definition) is 1. The molecule has 1 N–H and O–H groups in total. The minimum Gasteiger partial charge on any atom is -0.478 e. The van der Waals surface area contributed by atoms with Gasteiger partial charge in [-0.05, 0) is 35.4 Å². The second-order valence-electron chi connectivity index (χ2n) is 5.22. The molecule has 0 saturated carbocycles. The van der Waals surface area contributed by atoms with Crippen molar-refractivity contribution in [3.05, 3.63) is 78.3 Å². The third-order valence-electron chi connectivity index (χ3n) is 3.68. The SMILES string of the molecule is O=C(O)c1cccc(-c2ccoc2)c1CS(=O)(=O)c1ccccc1. The first kappa shape index (κ1) is 16.0. The second-order valence-corrected chi connectivity index (χ2v) is 7.21. The molecule has 0 amide bonds. The summed E-state index contributed by atoms with van der Waals surface area (Å²) in [6, 6.07) is 14.3. The van der Waals surface area contributed by atoms with E-state index in [-0.39, 0.29) is 16.0 Å². The highest BCUT2D eigenvalue weighted by Crippen LogP contribution is 2.30. The molecule has 0 aliphatic heterocycles. The summed E-state index contributed by atoms with van der Waals surface area (Å²) < 4.78 is 30.4. The van der Waals surface area contributed by atoms with Crippen LogP contribution in [0.1, 0.15) is 15.9 Å². The van der Waals surface area contributed by atoms with Gasteiger partial charge < -0.3 is 9.52 Å². The molecule has 0 aliphatic carbocycles. The molecule has 0 saturated heterocycles. The van der Waals surface area contributed by atoms with E-state index in [2.05, 4.69) is 0 Å². The van der Waals surface area contributed by atoms with Gasteiger partial charge in [0, 0.05) is 5.56 Å². The fourth-order valence-corrected chi connectivity index (χ4v) is 3.96. The minimum absolute atomic E-state index is 0.0341. The van der Waals surface area contributed by atoms with Crippen LogP contribution >= 0.6 is 0 Å².